The van der Waals surface area contributed by atoms with Gasteiger partial charge in [-0.15, -0.1) is 0 Å². The number of nitrogens with two attached hydrogens (primary N) is 1. The van der Waals surface area contributed by atoms with Crippen molar-refractivity contribution < 1.29 is 9.53 Å². The van der Waals surface area contributed by atoms with Crippen LogP contribution in [0, 0.1) is 5.92 Å². The van der Waals surface area contributed by atoms with Crippen molar-refractivity contribution in [2.75, 3.05) is 25.9 Å². The van der Waals surface area contributed by atoms with Crippen LogP contribution in [0.5, 0.6) is 5.75 Å². The third-order valence-corrected chi connectivity index (χ3v) is 3.40. The average Bonchev–Trinajstić information content (AvgIpc) is 2.37. The zero-order valence-corrected chi connectivity index (χ0v) is 11.0. The molecule has 1 fully saturated rings. The first-order valence-corrected chi connectivity index (χ1v) is 6.34. The van der Waals surface area contributed by atoms with Gasteiger partial charge in [-0.2, -0.15) is 0 Å². The van der Waals surface area contributed by atoms with E-state index in [1.807, 2.05) is 4.90 Å². The predicted molar refractivity (Wildman–Crippen MR) is 71.7 cm³/mol. The van der Waals surface area contributed by atoms with Gasteiger partial charge in [0, 0.05) is 24.8 Å². The van der Waals surface area contributed by atoms with Crippen molar-refractivity contribution in [3.8, 4) is 5.75 Å². The topological polar surface area (TPSA) is 55.6 Å². The van der Waals surface area contributed by atoms with Crippen molar-refractivity contribution in [3.05, 3.63) is 23.8 Å². The molecule has 1 saturated heterocycles. The van der Waals surface area contributed by atoms with Gasteiger partial charge in [0.05, 0.1) is 12.7 Å². The van der Waals surface area contributed by atoms with Gasteiger partial charge in [0.1, 0.15) is 5.75 Å². The molecule has 1 heterocycles. The number of nitrogens with zero attached hydrogens (tertiary/aromatic N) is 1. The Bertz CT molecular complexity index is 445. The molecule has 1 aromatic carbocycles. The highest BCUT2D eigenvalue weighted by atomic mass is 16.5. The van der Waals surface area contributed by atoms with E-state index in [4.69, 9.17) is 10.5 Å². The van der Waals surface area contributed by atoms with Crippen molar-refractivity contribution in [1.82, 2.24) is 4.90 Å². The highest BCUT2D eigenvalue weighted by Crippen LogP contribution is 2.25. The number of anilines is 1. The second-order valence-corrected chi connectivity index (χ2v) is 4.96. The number of hydrogen-bond acceptors (Lipinski definition) is 3. The van der Waals surface area contributed by atoms with E-state index < -0.39 is 0 Å². The molecule has 2 N–H and O–H groups in total. The van der Waals surface area contributed by atoms with Crippen molar-refractivity contribution in [3.63, 3.8) is 0 Å². The monoisotopic (exact) mass is 248 g/mol. The van der Waals surface area contributed by atoms with Gasteiger partial charge < -0.3 is 15.4 Å². The summed E-state index contributed by atoms with van der Waals surface area (Å²) in [6.45, 7) is 3.84. The Morgan fingerprint density at radius 2 is 2.28 bits per heavy atom. The Kier molecular flexibility index (Phi) is 3.75. The number of benzene rings is 1. The quantitative estimate of drug-likeness (QED) is 0.816. The summed E-state index contributed by atoms with van der Waals surface area (Å²) < 4.78 is 5.24. The van der Waals surface area contributed by atoms with E-state index in [2.05, 4.69) is 6.92 Å². The first-order chi connectivity index (χ1) is 8.61. The summed E-state index contributed by atoms with van der Waals surface area (Å²) in [5, 5.41) is 0. The lowest BCUT2D eigenvalue weighted by Crippen LogP contribution is -2.39. The fraction of sp³-hybridized carbons (Fsp3) is 0.500. The molecule has 4 heteroatoms. The van der Waals surface area contributed by atoms with Gasteiger partial charge in [-0.1, -0.05) is 6.92 Å². The number of carbonyl (C=O) groups is 1. The van der Waals surface area contributed by atoms with Crippen molar-refractivity contribution in [1.29, 1.82) is 0 Å². The molecule has 98 valence electrons. The molecule has 0 spiro atoms. The number of nitrogen functional groups attached to an aromatic ring is 1. The van der Waals surface area contributed by atoms with Crippen LogP contribution in [0.25, 0.3) is 0 Å². The Morgan fingerprint density at radius 1 is 1.50 bits per heavy atom. The highest BCUT2D eigenvalue weighted by Gasteiger charge is 2.24. The van der Waals surface area contributed by atoms with Crippen LogP contribution in [-0.4, -0.2) is 31.0 Å². The summed E-state index contributed by atoms with van der Waals surface area (Å²) in [6, 6.07) is 5.18. The van der Waals surface area contributed by atoms with E-state index in [-0.39, 0.29) is 5.91 Å². The van der Waals surface area contributed by atoms with Gasteiger partial charge in [0.25, 0.3) is 5.91 Å². The van der Waals surface area contributed by atoms with Crippen LogP contribution in [0.1, 0.15) is 30.1 Å². The van der Waals surface area contributed by atoms with Crippen molar-refractivity contribution >= 4 is 11.6 Å². The number of hydrogen-bond donors (Lipinski definition) is 1. The SMILES string of the molecule is COc1cc(N)ccc1C(=O)N1CCCC(C)C1. The molecule has 1 aliphatic heterocycles. The first kappa shape index (κ1) is 12.7. The molecule has 1 aliphatic rings. The lowest BCUT2D eigenvalue weighted by molar-refractivity contribution is 0.0679. The van der Waals surface area contributed by atoms with E-state index in [1.165, 1.54) is 6.42 Å². The second kappa shape index (κ2) is 5.29. The highest BCUT2D eigenvalue weighted by molar-refractivity contribution is 5.97. The van der Waals surface area contributed by atoms with Gasteiger partial charge in [0.2, 0.25) is 0 Å². The van der Waals surface area contributed by atoms with E-state index in [0.29, 0.717) is 22.9 Å². The molecule has 0 saturated carbocycles. The second-order valence-electron chi connectivity index (χ2n) is 4.96. The molecular formula is C14H20N2O2. The smallest absolute Gasteiger partial charge is 0.257 e. The van der Waals surface area contributed by atoms with Gasteiger partial charge in [-0.3, -0.25) is 4.79 Å². The first-order valence-electron chi connectivity index (χ1n) is 6.34. The molecule has 0 radical (unpaired) electrons. The van der Waals surface area contributed by atoms with E-state index in [9.17, 15) is 4.79 Å². The largest absolute Gasteiger partial charge is 0.496 e. The number of piperidine rings is 1. The zero-order chi connectivity index (χ0) is 13.1. The van der Waals surface area contributed by atoms with Gasteiger partial charge >= 0.3 is 0 Å². The summed E-state index contributed by atoms with van der Waals surface area (Å²) >= 11 is 0. The van der Waals surface area contributed by atoms with Crippen molar-refractivity contribution in [2.45, 2.75) is 19.8 Å². The fourth-order valence-corrected chi connectivity index (χ4v) is 2.43. The minimum absolute atomic E-state index is 0.0402. The van der Waals surface area contributed by atoms with Crippen LogP contribution in [0.2, 0.25) is 0 Å². The van der Waals surface area contributed by atoms with Crippen LogP contribution >= 0.6 is 0 Å². The van der Waals surface area contributed by atoms with Crippen LogP contribution in [0.4, 0.5) is 5.69 Å². The Balaban J connectivity index is 2.22. The Morgan fingerprint density at radius 3 is 2.94 bits per heavy atom. The van der Waals surface area contributed by atoms with Gasteiger partial charge in [-0.25, -0.2) is 0 Å². The molecule has 1 atom stereocenters. The van der Waals surface area contributed by atoms with Crippen molar-refractivity contribution in [2.24, 2.45) is 5.92 Å². The lowest BCUT2D eigenvalue weighted by atomic mass is 9.99. The Labute approximate surface area is 108 Å². The fourth-order valence-electron chi connectivity index (χ4n) is 2.43. The Hall–Kier alpha value is -1.71. The minimum atomic E-state index is 0.0402. The normalized spacial score (nSPS) is 19.7. The molecule has 18 heavy (non-hydrogen) atoms. The van der Waals surface area contributed by atoms with E-state index >= 15 is 0 Å². The molecule has 0 bridgehead atoms. The number of methoxy groups -OCH3 is 1. The number of ether oxygens (including phenoxy) is 1. The molecule has 1 unspecified atom stereocenters. The summed E-state index contributed by atoms with van der Waals surface area (Å²) in [7, 11) is 1.56. The molecule has 2 rings (SSSR count). The molecular weight excluding hydrogens is 228 g/mol. The number of rotatable bonds is 2. The third-order valence-electron chi connectivity index (χ3n) is 3.40. The van der Waals surface area contributed by atoms with Gasteiger partial charge in [-0.05, 0) is 30.9 Å². The average molecular weight is 248 g/mol. The third kappa shape index (κ3) is 2.58. The van der Waals surface area contributed by atoms with Crippen LogP contribution in [0.3, 0.4) is 0 Å². The van der Waals surface area contributed by atoms with E-state index in [1.54, 1.807) is 25.3 Å². The maximum absolute atomic E-state index is 12.4. The molecule has 0 aromatic heterocycles. The minimum Gasteiger partial charge on any atom is -0.496 e. The standard InChI is InChI=1S/C14H20N2O2/c1-10-4-3-7-16(9-10)14(17)12-6-5-11(15)8-13(12)18-2/h5-6,8,10H,3-4,7,9,15H2,1-2H3. The van der Waals surface area contributed by atoms with Crippen LogP contribution in [0.15, 0.2) is 18.2 Å². The maximum atomic E-state index is 12.4. The van der Waals surface area contributed by atoms with Crippen LogP contribution in [-0.2, 0) is 0 Å². The van der Waals surface area contributed by atoms with Gasteiger partial charge in [0.15, 0.2) is 0 Å². The number of carbonyl (C=O) groups excluding carboxylic acids is 1. The number of likely N-dealkylation sites (tertiary alicyclic amines) is 1. The zero-order valence-electron chi connectivity index (χ0n) is 11.0. The maximum Gasteiger partial charge on any atom is 0.257 e. The van der Waals surface area contributed by atoms with E-state index in [0.717, 1.165) is 19.5 Å². The summed E-state index contributed by atoms with van der Waals surface area (Å²) in [4.78, 5) is 14.3. The predicted octanol–water partition coefficient (Wildman–Crippen LogP) is 2.15. The summed E-state index contributed by atoms with van der Waals surface area (Å²) in [6.07, 6.45) is 2.27. The molecule has 4 nitrogen and oxygen atoms in total. The summed E-state index contributed by atoms with van der Waals surface area (Å²) in [5.41, 5.74) is 6.90. The lowest BCUT2D eigenvalue weighted by Gasteiger charge is -2.31. The number of amides is 1. The molecule has 1 aromatic rings. The van der Waals surface area contributed by atoms with Crippen LogP contribution < -0.4 is 10.5 Å². The summed E-state index contributed by atoms with van der Waals surface area (Å²) in [5.74, 6) is 1.17. The molecule has 0 aliphatic carbocycles. The molecule has 1 amide bonds.